The van der Waals surface area contributed by atoms with E-state index in [-0.39, 0.29) is 12.6 Å². The molecule has 6 nitrogen and oxygen atoms in total. The van der Waals surface area contributed by atoms with Crippen LogP contribution in [-0.4, -0.2) is 42.3 Å². The van der Waals surface area contributed by atoms with E-state index < -0.39 is 5.60 Å². The van der Waals surface area contributed by atoms with Crippen LogP contribution in [0.1, 0.15) is 18.7 Å². The maximum Gasteiger partial charge on any atom is 0.331 e. The number of aromatic nitrogens is 2. The lowest BCUT2D eigenvalue weighted by Gasteiger charge is -2.59. The van der Waals surface area contributed by atoms with Crippen LogP contribution in [0.15, 0.2) is 10.8 Å². The van der Waals surface area contributed by atoms with E-state index in [1.54, 1.807) is 0 Å². The summed E-state index contributed by atoms with van der Waals surface area (Å²) < 4.78 is 13.3. The van der Waals surface area contributed by atoms with Crippen LogP contribution in [-0.2, 0) is 26.9 Å². The van der Waals surface area contributed by atoms with Crippen molar-refractivity contribution < 1.29 is 14.3 Å². The summed E-state index contributed by atoms with van der Waals surface area (Å²) in [6.45, 7) is 1.99. The van der Waals surface area contributed by atoms with E-state index >= 15 is 0 Å². The van der Waals surface area contributed by atoms with Crippen molar-refractivity contribution in [2.24, 2.45) is 12.5 Å². The summed E-state index contributed by atoms with van der Waals surface area (Å²) >= 11 is 3.39. The largest absolute Gasteiger partial charge is 0.467 e. The number of nitrogens with one attached hydrogen (secondary N) is 1. The summed E-state index contributed by atoms with van der Waals surface area (Å²) in [6, 6.07) is 0. The van der Waals surface area contributed by atoms with Crippen LogP contribution in [0.3, 0.4) is 0 Å². The molecule has 1 spiro atoms. The van der Waals surface area contributed by atoms with Gasteiger partial charge in [0.1, 0.15) is 22.6 Å². The second kappa shape index (κ2) is 4.82. The van der Waals surface area contributed by atoms with Gasteiger partial charge in [-0.05, 0) is 28.8 Å². The first-order valence-corrected chi connectivity index (χ1v) is 7.39. The molecule has 2 heterocycles. The summed E-state index contributed by atoms with van der Waals surface area (Å²) in [5.74, 6) is 0.510. The number of rotatable bonds is 4. The Morgan fingerprint density at radius 2 is 2.25 bits per heavy atom. The first-order chi connectivity index (χ1) is 9.49. The normalized spacial score (nSPS) is 22.1. The molecule has 0 aromatic carbocycles. The van der Waals surface area contributed by atoms with Gasteiger partial charge in [0.15, 0.2) is 0 Å². The molecule has 0 atom stereocenters. The topological polar surface area (TPSA) is 65.4 Å². The van der Waals surface area contributed by atoms with Crippen LogP contribution in [0.25, 0.3) is 0 Å². The van der Waals surface area contributed by atoms with E-state index in [0.29, 0.717) is 5.41 Å². The molecule has 20 heavy (non-hydrogen) atoms. The second-order valence-corrected chi connectivity index (χ2v) is 6.63. The highest BCUT2D eigenvalue weighted by molar-refractivity contribution is 9.10. The first-order valence-electron chi connectivity index (χ1n) is 6.60. The van der Waals surface area contributed by atoms with Gasteiger partial charge < -0.3 is 19.4 Å². The average Bonchev–Trinajstić information content (AvgIpc) is 2.65. The molecule has 0 unspecified atom stereocenters. The Labute approximate surface area is 126 Å². The maximum atomic E-state index is 11.4. The maximum absolute atomic E-state index is 11.4. The fourth-order valence-electron chi connectivity index (χ4n) is 3.32. The number of imidazole rings is 1. The van der Waals surface area contributed by atoms with Gasteiger partial charge >= 0.3 is 5.97 Å². The number of carbonyl (C=O) groups excluding carboxylic acids is 1. The van der Waals surface area contributed by atoms with E-state index in [2.05, 4.69) is 31.0 Å². The van der Waals surface area contributed by atoms with Crippen molar-refractivity contribution in [3.05, 3.63) is 16.6 Å². The summed E-state index contributed by atoms with van der Waals surface area (Å²) in [5, 5.41) is 3.31. The van der Waals surface area contributed by atoms with Gasteiger partial charge in [0.05, 0.1) is 7.11 Å². The number of halogens is 1. The third kappa shape index (κ3) is 2.17. The Balaban J connectivity index is 1.81. The van der Waals surface area contributed by atoms with Crippen LogP contribution in [0.5, 0.6) is 0 Å². The third-order valence-corrected chi connectivity index (χ3v) is 4.65. The van der Waals surface area contributed by atoms with E-state index in [4.69, 9.17) is 4.74 Å². The van der Waals surface area contributed by atoms with Crippen molar-refractivity contribution in [2.75, 3.05) is 26.8 Å². The molecule has 1 aromatic heterocycles. The molecule has 1 saturated carbocycles. The molecule has 2 fully saturated rings. The fraction of sp³-hybridized carbons (Fsp3) is 0.692. The van der Waals surface area contributed by atoms with Gasteiger partial charge in [-0.25, -0.2) is 9.78 Å². The minimum Gasteiger partial charge on any atom is -0.467 e. The highest BCUT2D eigenvalue weighted by Gasteiger charge is 2.61. The minimum atomic E-state index is -0.475. The van der Waals surface area contributed by atoms with E-state index in [9.17, 15) is 4.79 Å². The first kappa shape index (κ1) is 14.0. The van der Waals surface area contributed by atoms with Gasteiger partial charge in [-0.2, -0.15) is 0 Å². The summed E-state index contributed by atoms with van der Waals surface area (Å²) in [7, 11) is 3.31. The standard InChI is InChI=1S/C13H18BrN3O3/c1-17-3-9(14)16-11(17)13(20-4-10(18)19-2)5-12(6-13)7-15-8-12/h3,15H,4-8H2,1-2H3. The molecule has 0 bridgehead atoms. The number of hydrogen-bond donors (Lipinski definition) is 1. The molecule has 3 rings (SSSR count). The zero-order chi connectivity index (χ0) is 14.4. The van der Waals surface area contributed by atoms with Crippen molar-refractivity contribution in [3.8, 4) is 0 Å². The van der Waals surface area contributed by atoms with Crippen molar-refractivity contribution in [2.45, 2.75) is 18.4 Å². The average molecular weight is 344 g/mol. The molecule has 110 valence electrons. The predicted octanol–water partition coefficient (Wildman–Crippen LogP) is 0.951. The Hall–Kier alpha value is -0.920. The van der Waals surface area contributed by atoms with Crippen molar-refractivity contribution >= 4 is 21.9 Å². The lowest BCUT2D eigenvalue weighted by atomic mass is 9.55. The van der Waals surface area contributed by atoms with Gasteiger partial charge in [-0.15, -0.1) is 0 Å². The lowest BCUT2D eigenvalue weighted by Crippen LogP contribution is -2.66. The third-order valence-electron chi connectivity index (χ3n) is 4.27. The van der Waals surface area contributed by atoms with Gasteiger partial charge in [-0.3, -0.25) is 0 Å². The Bertz CT molecular complexity index is 531. The van der Waals surface area contributed by atoms with Crippen LogP contribution in [0.4, 0.5) is 0 Å². The van der Waals surface area contributed by atoms with Crippen molar-refractivity contribution in [1.82, 2.24) is 14.9 Å². The Morgan fingerprint density at radius 3 is 2.70 bits per heavy atom. The van der Waals surface area contributed by atoms with E-state index in [0.717, 1.165) is 36.4 Å². The Morgan fingerprint density at radius 1 is 1.55 bits per heavy atom. The molecule has 0 radical (unpaired) electrons. The van der Waals surface area contributed by atoms with E-state index in [1.807, 2.05) is 17.8 Å². The van der Waals surface area contributed by atoms with Crippen molar-refractivity contribution in [1.29, 1.82) is 0 Å². The molecule has 0 amide bonds. The number of hydrogen-bond acceptors (Lipinski definition) is 5. The van der Waals surface area contributed by atoms with Gasteiger partial charge in [-0.1, -0.05) is 0 Å². The molecule has 1 N–H and O–H groups in total. The minimum absolute atomic E-state index is 0.0372. The van der Waals surface area contributed by atoms with E-state index in [1.165, 1.54) is 7.11 Å². The molecular weight excluding hydrogens is 326 g/mol. The number of esters is 1. The molecule has 1 aliphatic carbocycles. The smallest absolute Gasteiger partial charge is 0.331 e. The summed E-state index contributed by atoms with van der Waals surface area (Å²) in [4.78, 5) is 15.9. The monoisotopic (exact) mass is 343 g/mol. The quantitative estimate of drug-likeness (QED) is 0.824. The van der Waals surface area contributed by atoms with Crippen molar-refractivity contribution in [3.63, 3.8) is 0 Å². The number of carbonyl (C=O) groups is 1. The number of methoxy groups -OCH3 is 1. The number of ether oxygens (including phenoxy) is 2. The second-order valence-electron chi connectivity index (χ2n) is 5.81. The molecular formula is C13H18BrN3O3. The van der Waals surface area contributed by atoms with Crippen LogP contribution in [0, 0.1) is 5.41 Å². The fourth-order valence-corrected chi connectivity index (χ4v) is 3.80. The number of aryl methyl sites for hydroxylation is 1. The zero-order valence-electron chi connectivity index (χ0n) is 11.6. The SMILES string of the molecule is COC(=O)COC1(c2nc(Br)cn2C)CC2(CNC2)C1. The molecule has 2 aliphatic rings. The van der Waals surface area contributed by atoms with Gasteiger partial charge in [0.2, 0.25) is 0 Å². The zero-order valence-corrected chi connectivity index (χ0v) is 13.2. The summed E-state index contributed by atoms with van der Waals surface area (Å²) in [5.41, 5.74) is -0.161. The van der Waals surface area contributed by atoms with Gasteiger partial charge in [0, 0.05) is 31.7 Å². The predicted molar refractivity (Wildman–Crippen MR) is 75.1 cm³/mol. The lowest BCUT2D eigenvalue weighted by molar-refractivity contribution is -0.205. The van der Waals surface area contributed by atoms with Crippen LogP contribution < -0.4 is 5.32 Å². The molecule has 1 aromatic rings. The van der Waals surface area contributed by atoms with Crippen LogP contribution >= 0.6 is 15.9 Å². The number of nitrogens with zero attached hydrogens (tertiary/aromatic N) is 2. The highest BCUT2D eigenvalue weighted by Crippen LogP contribution is 2.57. The summed E-state index contributed by atoms with van der Waals surface area (Å²) in [6.07, 6.45) is 3.69. The van der Waals surface area contributed by atoms with Gasteiger partial charge in [0.25, 0.3) is 0 Å². The van der Waals surface area contributed by atoms with Crippen LogP contribution in [0.2, 0.25) is 0 Å². The highest BCUT2D eigenvalue weighted by atomic mass is 79.9. The molecule has 7 heteroatoms. The molecule has 1 saturated heterocycles. The molecule has 1 aliphatic heterocycles. The Kier molecular flexibility index (Phi) is 3.38.